The summed E-state index contributed by atoms with van der Waals surface area (Å²) in [4.78, 5) is 20.4. The van der Waals surface area contributed by atoms with Crippen LogP contribution in [0.4, 0.5) is 13.2 Å². The van der Waals surface area contributed by atoms with Gasteiger partial charge < -0.3 is 9.64 Å². The Balaban J connectivity index is 1.90. The van der Waals surface area contributed by atoms with Gasteiger partial charge in [-0.05, 0) is 12.8 Å². The molecule has 1 atom stereocenters. The summed E-state index contributed by atoms with van der Waals surface area (Å²) in [7, 11) is 0. The van der Waals surface area contributed by atoms with Crippen LogP contribution >= 0.6 is 0 Å². The van der Waals surface area contributed by atoms with Crippen LogP contribution in [0.5, 0.6) is 5.88 Å². The van der Waals surface area contributed by atoms with Crippen molar-refractivity contribution in [1.82, 2.24) is 14.9 Å². The van der Waals surface area contributed by atoms with Crippen LogP contribution in [0.1, 0.15) is 19.3 Å². The number of ether oxygens (including phenoxy) is 1. The summed E-state index contributed by atoms with van der Waals surface area (Å²) in [6, 6.07) is 1.57. The fraction of sp³-hybridized carbons (Fsp3) is 0.583. The van der Waals surface area contributed by atoms with E-state index in [1.165, 1.54) is 17.4 Å². The van der Waals surface area contributed by atoms with E-state index in [-0.39, 0.29) is 12.6 Å². The first kappa shape index (κ1) is 14.5. The third-order valence-electron chi connectivity index (χ3n) is 2.92. The lowest BCUT2D eigenvalue weighted by molar-refractivity contribution is -0.163. The topological polar surface area (TPSA) is 55.3 Å². The first-order valence-electron chi connectivity index (χ1n) is 6.21. The number of carbonyl (C=O) groups excluding carboxylic acids is 1. The number of hydrogen-bond acceptors (Lipinski definition) is 4. The lowest BCUT2D eigenvalue weighted by Gasteiger charge is -2.32. The zero-order valence-electron chi connectivity index (χ0n) is 10.6. The molecule has 1 aromatic rings. The average molecular weight is 289 g/mol. The maximum Gasteiger partial charge on any atom is 0.397 e. The highest BCUT2D eigenvalue weighted by molar-refractivity contribution is 5.77. The smallest absolute Gasteiger partial charge is 0.397 e. The highest BCUT2D eigenvalue weighted by atomic mass is 19.4. The van der Waals surface area contributed by atoms with Crippen LogP contribution in [0.3, 0.4) is 0 Å². The zero-order chi connectivity index (χ0) is 14.6. The number of alkyl halides is 3. The minimum Gasteiger partial charge on any atom is -0.472 e. The SMILES string of the molecule is O=C(CC(F)(F)F)N1CCC[C@H](Oc2ccncn2)C1. The van der Waals surface area contributed by atoms with Crippen molar-refractivity contribution in [3.8, 4) is 5.88 Å². The second kappa shape index (κ2) is 6.06. The van der Waals surface area contributed by atoms with E-state index < -0.39 is 18.5 Å². The maximum atomic E-state index is 12.2. The van der Waals surface area contributed by atoms with Crippen LogP contribution < -0.4 is 4.74 Å². The van der Waals surface area contributed by atoms with Gasteiger partial charge in [-0.25, -0.2) is 9.97 Å². The minimum absolute atomic E-state index is 0.152. The predicted molar refractivity (Wildman–Crippen MR) is 62.9 cm³/mol. The van der Waals surface area contributed by atoms with Crippen LogP contribution in [-0.4, -0.2) is 46.1 Å². The molecule has 0 radical (unpaired) electrons. The Bertz CT molecular complexity index is 453. The van der Waals surface area contributed by atoms with Crippen molar-refractivity contribution in [1.29, 1.82) is 0 Å². The molecule has 110 valence electrons. The van der Waals surface area contributed by atoms with Crippen molar-refractivity contribution in [3.05, 3.63) is 18.6 Å². The van der Waals surface area contributed by atoms with Crippen LogP contribution in [0.25, 0.3) is 0 Å². The van der Waals surface area contributed by atoms with Gasteiger partial charge in [-0.3, -0.25) is 4.79 Å². The molecule has 1 fully saturated rings. The summed E-state index contributed by atoms with van der Waals surface area (Å²) >= 11 is 0. The third kappa shape index (κ3) is 4.36. The number of aromatic nitrogens is 2. The molecule has 1 aromatic heterocycles. The number of halogens is 3. The standard InChI is InChI=1S/C12H14F3N3O2/c13-12(14,15)6-11(19)18-5-1-2-9(7-18)20-10-3-4-16-8-17-10/h3-4,8-9H,1-2,5-7H2/t9-/m0/s1. The summed E-state index contributed by atoms with van der Waals surface area (Å²) in [5.74, 6) is -0.552. The van der Waals surface area contributed by atoms with Crippen molar-refractivity contribution < 1.29 is 22.7 Å². The molecule has 0 saturated carbocycles. The Kier molecular flexibility index (Phi) is 4.41. The van der Waals surface area contributed by atoms with Crippen molar-refractivity contribution in [2.24, 2.45) is 0 Å². The molecule has 0 bridgehead atoms. The van der Waals surface area contributed by atoms with Gasteiger partial charge in [0.1, 0.15) is 18.9 Å². The number of amides is 1. The van der Waals surface area contributed by atoms with E-state index in [0.29, 0.717) is 25.3 Å². The normalized spacial score (nSPS) is 19.8. The van der Waals surface area contributed by atoms with Gasteiger partial charge in [0, 0.05) is 18.8 Å². The van der Waals surface area contributed by atoms with Crippen LogP contribution in [0, 0.1) is 0 Å². The van der Waals surface area contributed by atoms with Gasteiger partial charge in [-0.1, -0.05) is 0 Å². The molecule has 5 nitrogen and oxygen atoms in total. The number of carbonyl (C=O) groups is 1. The molecule has 2 rings (SSSR count). The zero-order valence-corrected chi connectivity index (χ0v) is 10.6. The van der Waals surface area contributed by atoms with Crippen LogP contribution in [-0.2, 0) is 4.79 Å². The van der Waals surface area contributed by atoms with E-state index in [0.717, 1.165) is 0 Å². The van der Waals surface area contributed by atoms with Crippen molar-refractivity contribution >= 4 is 5.91 Å². The second-order valence-corrected chi connectivity index (χ2v) is 4.56. The summed E-state index contributed by atoms with van der Waals surface area (Å²) in [6.45, 7) is 0.484. The molecule has 8 heteroatoms. The van der Waals surface area contributed by atoms with Crippen LogP contribution in [0.15, 0.2) is 18.6 Å². The molecule has 2 heterocycles. The van der Waals surface area contributed by atoms with Gasteiger partial charge in [0.15, 0.2) is 0 Å². The molecule has 1 saturated heterocycles. The molecule has 1 aliphatic rings. The Morgan fingerprint density at radius 3 is 2.95 bits per heavy atom. The monoisotopic (exact) mass is 289 g/mol. The summed E-state index contributed by atoms with van der Waals surface area (Å²) < 4.78 is 42.2. The number of rotatable bonds is 3. The molecule has 0 aromatic carbocycles. The molecular formula is C12H14F3N3O2. The van der Waals surface area contributed by atoms with Crippen molar-refractivity contribution in [3.63, 3.8) is 0 Å². The van der Waals surface area contributed by atoms with Gasteiger partial charge >= 0.3 is 6.18 Å². The van der Waals surface area contributed by atoms with E-state index in [1.807, 2.05) is 0 Å². The minimum atomic E-state index is -4.47. The Morgan fingerprint density at radius 2 is 2.30 bits per heavy atom. The van der Waals surface area contributed by atoms with E-state index >= 15 is 0 Å². The van der Waals surface area contributed by atoms with E-state index in [9.17, 15) is 18.0 Å². The summed E-state index contributed by atoms with van der Waals surface area (Å²) in [5.41, 5.74) is 0. The lowest BCUT2D eigenvalue weighted by atomic mass is 10.1. The van der Waals surface area contributed by atoms with Gasteiger partial charge in [0.05, 0.1) is 6.54 Å². The molecule has 0 N–H and O–H groups in total. The predicted octanol–water partition coefficient (Wildman–Crippen LogP) is 1.80. The molecular weight excluding hydrogens is 275 g/mol. The largest absolute Gasteiger partial charge is 0.472 e. The van der Waals surface area contributed by atoms with Crippen molar-refractivity contribution in [2.75, 3.05) is 13.1 Å². The summed E-state index contributed by atoms with van der Waals surface area (Å²) in [6.07, 6.45) is -2.11. The fourth-order valence-corrected chi connectivity index (χ4v) is 2.06. The van der Waals surface area contributed by atoms with Crippen molar-refractivity contribution in [2.45, 2.75) is 31.5 Å². The molecule has 0 unspecified atom stereocenters. The van der Waals surface area contributed by atoms with E-state index in [2.05, 4.69) is 9.97 Å². The number of hydrogen-bond donors (Lipinski definition) is 0. The first-order chi connectivity index (χ1) is 9.44. The van der Waals surface area contributed by atoms with Gasteiger partial charge in [0.25, 0.3) is 0 Å². The third-order valence-corrected chi connectivity index (χ3v) is 2.92. The second-order valence-electron chi connectivity index (χ2n) is 4.56. The average Bonchev–Trinajstić information content (AvgIpc) is 2.38. The molecule has 1 aliphatic heterocycles. The van der Waals surface area contributed by atoms with Gasteiger partial charge in [0.2, 0.25) is 11.8 Å². The number of likely N-dealkylation sites (tertiary alicyclic amines) is 1. The fourth-order valence-electron chi connectivity index (χ4n) is 2.06. The number of nitrogens with zero attached hydrogens (tertiary/aromatic N) is 3. The Labute approximate surface area is 113 Å². The summed E-state index contributed by atoms with van der Waals surface area (Å²) in [5, 5.41) is 0. The molecule has 0 aliphatic carbocycles. The quantitative estimate of drug-likeness (QED) is 0.851. The number of piperidine rings is 1. The van der Waals surface area contributed by atoms with E-state index in [4.69, 9.17) is 4.74 Å². The van der Waals surface area contributed by atoms with Gasteiger partial charge in [-0.15, -0.1) is 0 Å². The lowest BCUT2D eigenvalue weighted by Crippen LogP contribution is -2.45. The molecule has 1 amide bonds. The van der Waals surface area contributed by atoms with Gasteiger partial charge in [-0.2, -0.15) is 13.2 Å². The highest BCUT2D eigenvalue weighted by Crippen LogP contribution is 2.23. The Hall–Kier alpha value is -1.86. The Morgan fingerprint density at radius 1 is 1.50 bits per heavy atom. The highest BCUT2D eigenvalue weighted by Gasteiger charge is 2.35. The first-order valence-corrected chi connectivity index (χ1v) is 6.21. The maximum absolute atomic E-state index is 12.2. The molecule has 0 spiro atoms. The van der Waals surface area contributed by atoms with Crippen LogP contribution in [0.2, 0.25) is 0 Å². The molecule has 20 heavy (non-hydrogen) atoms. The van der Waals surface area contributed by atoms with E-state index in [1.54, 1.807) is 6.07 Å².